The van der Waals surface area contributed by atoms with Gasteiger partial charge >= 0.3 is 6.09 Å². The third kappa shape index (κ3) is 3.19. The predicted molar refractivity (Wildman–Crippen MR) is 85.9 cm³/mol. The highest BCUT2D eigenvalue weighted by molar-refractivity contribution is 5.70. The first kappa shape index (κ1) is 16.6. The molecule has 0 bridgehead atoms. The van der Waals surface area contributed by atoms with Gasteiger partial charge in [0.05, 0.1) is 12.6 Å². The Balaban J connectivity index is 2.36. The Morgan fingerprint density at radius 3 is 2.73 bits per heavy atom. The molecule has 1 atom stereocenters. The van der Waals surface area contributed by atoms with Crippen molar-refractivity contribution in [3.63, 3.8) is 0 Å². The number of carbonyl (C=O) groups excluding carboxylic acids is 1. The van der Waals surface area contributed by atoms with Gasteiger partial charge in [0.25, 0.3) is 0 Å². The molecule has 0 radical (unpaired) electrons. The molecule has 0 aromatic heterocycles. The second-order valence-electron chi connectivity index (χ2n) is 6.70. The van der Waals surface area contributed by atoms with Gasteiger partial charge in [-0.05, 0) is 51.3 Å². The molecular formula is C17H26N2O3. The van der Waals surface area contributed by atoms with E-state index < -0.39 is 11.1 Å². The zero-order valence-corrected chi connectivity index (χ0v) is 13.9. The number of methoxy groups -OCH3 is 1. The molecule has 2 rings (SSSR count). The molecule has 5 nitrogen and oxygen atoms in total. The summed E-state index contributed by atoms with van der Waals surface area (Å²) in [5.74, 6) is 0.765. The number of nitrogens with zero attached hydrogens (tertiary/aromatic N) is 1. The minimum Gasteiger partial charge on any atom is -0.497 e. The van der Waals surface area contributed by atoms with Gasteiger partial charge in [0.2, 0.25) is 0 Å². The van der Waals surface area contributed by atoms with E-state index in [1.54, 1.807) is 12.0 Å². The molecule has 1 saturated heterocycles. The van der Waals surface area contributed by atoms with Gasteiger partial charge in [0, 0.05) is 13.1 Å². The van der Waals surface area contributed by atoms with Gasteiger partial charge in [-0.15, -0.1) is 0 Å². The SMILES string of the molecule is COc1cccc(C2(CN)CCCN2C(=O)OC(C)(C)C)c1. The molecule has 1 unspecified atom stereocenters. The predicted octanol–water partition coefficient (Wildman–Crippen LogP) is 2.88. The number of carbonyl (C=O) groups is 1. The van der Waals surface area contributed by atoms with E-state index in [-0.39, 0.29) is 6.09 Å². The smallest absolute Gasteiger partial charge is 0.411 e. The highest BCUT2D eigenvalue weighted by Gasteiger charge is 2.45. The zero-order valence-electron chi connectivity index (χ0n) is 13.9. The fourth-order valence-corrected chi connectivity index (χ4v) is 3.00. The van der Waals surface area contributed by atoms with Crippen molar-refractivity contribution < 1.29 is 14.3 Å². The van der Waals surface area contributed by atoms with Crippen molar-refractivity contribution >= 4 is 6.09 Å². The summed E-state index contributed by atoms with van der Waals surface area (Å²) >= 11 is 0. The lowest BCUT2D eigenvalue weighted by Gasteiger charge is -2.39. The highest BCUT2D eigenvalue weighted by atomic mass is 16.6. The topological polar surface area (TPSA) is 64.8 Å². The number of ether oxygens (including phenoxy) is 2. The van der Waals surface area contributed by atoms with Crippen LogP contribution in [0, 0.1) is 0 Å². The fourth-order valence-electron chi connectivity index (χ4n) is 3.00. The Hall–Kier alpha value is -1.75. The standard InChI is InChI=1S/C17H26N2O3/c1-16(2,3)22-15(20)19-10-6-9-17(19,12-18)13-7-5-8-14(11-13)21-4/h5,7-8,11H,6,9-10,12,18H2,1-4H3. The van der Waals surface area contributed by atoms with E-state index in [1.165, 1.54) is 0 Å². The van der Waals surface area contributed by atoms with E-state index in [4.69, 9.17) is 15.2 Å². The molecule has 5 heteroatoms. The van der Waals surface area contributed by atoms with Crippen LogP contribution in [0.5, 0.6) is 5.75 Å². The van der Waals surface area contributed by atoms with Crippen LogP contribution in [0.25, 0.3) is 0 Å². The van der Waals surface area contributed by atoms with Crippen LogP contribution in [0.3, 0.4) is 0 Å². The monoisotopic (exact) mass is 306 g/mol. The number of benzene rings is 1. The van der Waals surface area contributed by atoms with E-state index >= 15 is 0 Å². The molecule has 22 heavy (non-hydrogen) atoms. The maximum Gasteiger partial charge on any atom is 0.411 e. The van der Waals surface area contributed by atoms with Crippen molar-refractivity contribution in [2.45, 2.75) is 44.8 Å². The van der Waals surface area contributed by atoms with Crippen LogP contribution in [0.1, 0.15) is 39.2 Å². The average Bonchev–Trinajstić information content (AvgIpc) is 2.91. The summed E-state index contributed by atoms with van der Waals surface area (Å²) in [5.41, 5.74) is 6.06. The lowest BCUT2D eigenvalue weighted by Crippen LogP contribution is -2.51. The van der Waals surface area contributed by atoms with Gasteiger partial charge in [-0.25, -0.2) is 4.79 Å². The molecule has 0 spiro atoms. The minimum absolute atomic E-state index is 0.307. The summed E-state index contributed by atoms with van der Waals surface area (Å²) in [5, 5.41) is 0. The molecule has 1 aliphatic heterocycles. The van der Waals surface area contributed by atoms with Gasteiger partial charge in [0.1, 0.15) is 11.4 Å². The second-order valence-corrected chi connectivity index (χ2v) is 6.70. The lowest BCUT2D eigenvalue weighted by atomic mass is 9.87. The Morgan fingerprint density at radius 1 is 1.41 bits per heavy atom. The van der Waals surface area contributed by atoms with Crippen LogP contribution in [-0.2, 0) is 10.3 Å². The minimum atomic E-state index is -0.519. The van der Waals surface area contributed by atoms with Gasteiger partial charge in [-0.1, -0.05) is 12.1 Å². The van der Waals surface area contributed by atoms with Crippen molar-refractivity contribution in [2.75, 3.05) is 20.2 Å². The Kier molecular flexibility index (Phi) is 4.66. The van der Waals surface area contributed by atoms with Crippen LogP contribution in [0.15, 0.2) is 24.3 Å². The van der Waals surface area contributed by atoms with Crippen molar-refractivity contribution in [1.29, 1.82) is 0 Å². The van der Waals surface area contributed by atoms with Crippen LogP contribution in [0.4, 0.5) is 4.79 Å². The van der Waals surface area contributed by atoms with Gasteiger partial charge < -0.3 is 15.2 Å². The van der Waals surface area contributed by atoms with Crippen LogP contribution in [-0.4, -0.2) is 36.8 Å². The zero-order chi connectivity index (χ0) is 16.4. The number of hydrogen-bond acceptors (Lipinski definition) is 4. The van der Waals surface area contributed by atoms with E-state index in [2.05, 4.69) is 0 Å². The molecule has 1 amide bonds. The second kappa shape index (κ2) is 6.16. The summed E-state index contributed by atoms with van der Waals surface area (Å²) in [7, 11) is 1.63. The summed E-state index contributed by atoms with van der Waals surface area (Å²) in [6, 6.07) is 7.77. The molecule has 1 heterocycles. The van der Waals surface area contributed by atoms with Crippen molar-refractivity contribution in [2.24, 2.45) is 5.73 Å². The van der Waals surface area contributed by atoms with E-state index in [0.29, 0.717) is 13.1 Å². The number of likely N-dealkylation sites (tertiary alicyclic amines) is 1. The first-order chi connectivity index (χ1) is 10.3. The summed E-state index contributed by atoms with van der Waals surface area (Å²) in [4.78, 5) is 14.4. The molecule has 1 aromatic carbocycles. The Bertz CT molecular complexity index is 539. The molecule has 0 aliphatic carbocycles. The van der Waals surface area contributed by atoms with E-state index in [9.17, 15) is 4.79 Å². The summed E-state index contributed by atoms with van der Waals surface area (Å²) in [6.07, 6.45) is 1.43. The Morgan fingerprint density at radius 2 is 2.14 bits per heavy atom. The van der Waals surface area contributed by atoms with Crippen LogP contribution >= 0.6 is 0 Å². The van der Waals surface area contributed by atoms with E-state index in [0.717, 1.165) is 24.2 Å². The van der Waals surface area contributed by atoms with Crippen LogP contribution in [0.2, 0.25) is 0 Å². The fraction of sp³-hybridized carbons (Fsp3) is 0.588. The first-order valence-electron chi connectivity index (χ1n) is 7.67. The molecule has 1 aromatic rings. The van der Waals surface area contributed by atoms with Gasteiger partial charge in [-0.2, -0.15) is 0 Å². The lowest BCUT2D eigenvalue weighted by molar-refractivity contribution is 0.00820. The largest absolute Gasteiger partial charge is 0.497 e. The van der Waals surface area contributed by atoms with E-state index in [1.807, 2.05) is 45.0 Å². The third-order valence-corrected chi connectivity index (χ3v) is 4.05. The quantitative estimate of drug-likeness (QED) is 0.932. The van der Waals surface area contributed by atoms with Crippen molar-refractivity contribution in [3.8, 4) is 5.75 Å². The molecule has 0 saturated carbocycles. The maximum absolute atomic E-state index is 12.6. The number of amides is 1. The number of rotatable bonds is 3. The molecule has 122 valence electrons. The highest BCUT2D eigenvalue weighted by Crippen LogP contribution is 2.40. The average molecular weight is 306 g/mol. The Labute approximate surface area is 132 Å². The van der Waals surface area contributed by atoms with Crippen molar-refractivity contribution in [3.05, 3.63) is 29.8 Å². The third-order valence-electron chi connectivity index (χ3n) is 4.05. The van der Waals surface area contributed by atoms with Gasteiger partial charge in [-0.3, -0.25) is 4.90 Å². The summed E-state index contributed by atoms with van der Waals surface area (Å²) in [6.45, 7) is 6.63. The molecule has 1 fully saturated rings. The first-order valence-corrected chi connectivity index (χ1v) is 7.67. The molecule has 1 aliphatic rings. The normalized spacial score (nSPS) is 21.8. The molecule has 2 N–H and O–H groups in total. The van der Waals surface area contributed by atoms with Crippen LogP contribution < -0.4 is 10.5 Å². The number of hydrogen-bond donors (Lipinski definition) is 1. The number of nitrogens with two attached hydrogens (primary N) is 1. The summed E-state index contributed by atoms with van der Waals surface area (Å²) < 4.78 is 10.9. The van der Waals surface area contributed by atoms with Gasteiger partial charge in [0.15, 0.2) is 0 Å². The molecular weight excluding hydrogens is 280 g/mol. The maximum atomic E-state index is 12.6. The van der Waals surface area contributed by atoms with Crippen molar-refractivity contribution in [1.82, 2.24) is 4.90 Å².